The van der Waals surface area contributed by atoms with Gasteiger partial charge in [-0.2, -0.15) is 15.0 Å². The van der Waals surface area contributed by atoms with Crippen molar-refractivity contribution in [2.24, 2.45) is 0 Å². The number of morpholine rings is 1. The lowest BCUT2D eigenvalue weighted by Gasteiger charge is -2.27. The van der Waals surface area contributed by atoms with Crippen molar-refractivity contribution in [3.8, 4) is 0 Å². The molecule has 1 fully saturated rings. The lowest BCUT2D eigenvalue weighted by atomic mass is 10.4. The highest BCUT2D eigenvalue weighted by Crippen LogP contribution is 2.19. The Kier molecular flexibility index (Phi) is 5.77. The van der Waals surface area contributed by atoms with Crippen LogP contribution in [0, 0.1) is 0 Å². The molecule has 20 heavy (non-hydrogen) atoms. The van der Waals surface area contributed by atoms with Gasteiger partial charge in [0.05, 0.1) is 25.9 Å². The molecule has 1 saturated heterocycles. The van der Waals surface area contributed by atoms with E-state index in [9.17, 15) is 5.11 Å². The normalized spacial score (nSPS) is 17.1. The number of aliphatic hydroxyl groups is 2. The van der Waals surface area contributed by atoms with Crippen molar-refractivity contribution in [1.82, 2.24) is 15.0 Å². The van der Waals surface area contributed by atoms with E-state index < -0.39 is 6.10 Å². The summed E-state index contributed by atoms with van der Waals surface area (Å²) < 4.78 is 5.31. The van der Waals surface area contributed by atoms with E-state index in [1.54, 1.807) is 7.05 Å². The summed E-state index contributed by atoms with van der Waals surface area (Å²) in [7, 11) is 1.75. The molecule has 0 bridgehead atoms. The van der Waals surface area contributed by atoms with Crippen LogP contribution < -0.4 is 10.2 Å². The number of ether oxygens (including phenoxy) is 1. The molecule has 112 valence electrons. The summed E-state index contributed by atoms with van der Waals surface area (Å²) >= 11 is 1.29. The lowest BCUT2D eigenvalue weighted by molar-refractivity contribution is 0.113. The van der Waals surface area contributed by atoms with Crippen LogP contribution in [0.1, 0.15) is 0 Å². The van der Waals surface area contributed by atoms with E-state index in [4.69, 9.17) is 9.84 Å². The van der Waals surface area contributed by atoms with Crippen LogP contribution in [0.2, 0.25) is 0 Å². The number of aromatic nitrogens is 3. The van der Waals surface area contributed by atoms with Gasteiger partial charge in [-0.15, -0.1) is 0 Å². The highest BCUT2D eigenvalue weighted by atomic mass is 32.2. The molecule has 1 aliphatic rings. The van der Waals surface area contributed by atoms with E-state index in [1.165, 1.54) is 11.8 Å². The maximum absolute atomic E-state index is 9.38. The zero-order chi connectivity index (χ0) is 14.4. The maximum atomic E-state index is 9.38. The van der Waals surface area contributed by atoms with Gasteiger partial charge in [-0.05, 0) is 0 Å². The summed E-state index contributed by atoms with van der Waals surface area (Å²) in [5.41, 5.74) is 0. The minimum Gasteiger partial charge on any atom is -0.394 e. The molecule has 1 aromatic rings. The first-order valence-electron chi connectivity index (χ1n) is 6.41. The molecule has 0 aliphatic carbocycles. The van der Waals surface area contributed by atoms with Crippen molar-refractivity contribution in [3.63, 3.8) is 0 Å². The highest BCUT2D eigenvalue weighted by Gasteiger charge is 2.17. The number of thioether (sulfide) groups is 1. The van der Waals surface area contributed by atoms with E-state index in [1.807, 2.05) is 4.90 Å². The molecule has 0 aromatic carbocycles. The second-order valence-electron chi connectivity index (χ2n) is 4.24. The van der Waals surface area contributed by atoms with Gasteiger partial charge in [0.2, 0.25) is 11.9 Å². The minimum atomic E-state index is -0.776. The van der Waals surface area contributed by atoms with E-state index in [0.717, 1.165) is 13.1 Å². The fraction of sp³-hybridized carbons (Fsp3) is 0.727. The molecule has 2 rings (SSSR count). The molecule has 1 aromatic heterocycles. The third kappa shape index (κ3) is 4.17. The Hall–Kier alpha value is -1.16. The summed E-state index contributed by atoms with van der Waals surface area (Å²) in [4.78, 5) is 15.0. The van der Waals surface area contributed by atoms with Gasteiger partial charge in [-0.1, -0.05) is 11.8 Å². The first-order valence-corrected chi connectivity index (χ1v) is 7.39. The highest BCUT2D eigenvalue weighted by molar-refractivity contribution is 7.99. The van der Waals surface area contributed by atoms with Crippen molar-refractivity contribution >= 4 is 23.7 Å². The number of anilines is 2. The van der Waals surface area contributed by atoms with Crippen LogP contribution in [-0.2, 0) is 4.74 Å². The SMILES string of the molecule is CNc1nc(SCC(O)CO)nc(N2CCOCC2)n1. The minimum absolute atomic E-state index is 0.271. The molecule has 1 unspecified atom stereocenters. The summed E-state index contributed by atoms with van der Waals surface area (Å²) in [6.45, 7) is 2.54. The third-order valence-electron chi connectivity index (χ3n) is 2.74. The molecule has 1 atom stereocenters. The van der Waals surface area contributed by atoms with Gasteiger partial charge in [-0.25, -0.2) is 0 Å². The van der Waals surface area contributed by atoms with Crippen molar-refractivity contribution in [1.29, 1.82) is 0 Å². The molecule has 1 aliphatic heterocycles. The van der Waals surface area contributed by atoms with Crippen LogP contribution in [0.5, 0.6) is 0 Å². The van der Waals surface area contributed by atoms with Gasteiger partial charge in [0.25, 0.3) is 0 Å². The maximum Gasteiger partial charge on any atom is 0.231 e. The Bertz CT molecular complexity index is 431. The number of hydrogen-bond donors (Lipinski definition) is 3. The Balaban J connectivity index is 2.10. The Morgan fingerprint density at radius 2 is 2.10 bits per heavy atom. The smallest absolute Gasteiger partial charge is 0.231 e. The van der Waals surface area contributed by atoms with Crippen LogP contribution >= 0.6 is 11.8 Å². The molecular formula is C11H19N5O3S. The summed E-state index contributed by atoms with van der Waals surface area (Å²) in [5.74, 6) is 1.43. The van der Waals surface area contributed by atoms with Crippen LogP contribution in [0.15, 0.2) is 5.16 Å². The van der Waals surface area contributed by atoms with Crippen LogP contribution in [-0.4, -0.2) is 77.0 Å². The van der Waals surface area contributed by atoms with E-state index >= 15 is 0 Å². The number of nitrogens with zero attached hydrogens (tertiary/aromatic N) is 4. The second kappa shape index (κ2) is 7.58. The third-order valence-corrected chi connectivity index (χ3v) is 3.73. The van der Waals surface area contributed by atoms with Crippen LogP contribution in [0.3, 0.4) is 0 Å². The van der Waals surface area contributed by atoms with E-state index in [0.29, 0.717) is 36.0 Å². The number of rotatable bonds is 6. The summed E-state index contributed by atoms with van der Waals surface area (Å²) in [5, 5.41) is 21.6. The fourth-order valence-corrected chi connectivity index (χ4v) is 2.39. The molecule has 2 heterocycles. The van der Waals surface area contributed by atoms with Gasteiger partial charge >= 0.3 is 0 Å². The quantitative estimate of drug-likeness (QED) is 0.582. The first kappa shape index (κ1) is 15.2. The van der Waals surface area contributed by atoms with Crippen LogP contribution in [0.25, 0.3) is 0 Å². The molecule has 0 amide bonds. The van der Waals surface area contributed by atoms with Crippen LogP contribution in [0.4, 0.5) is 11.9 Å². The number of hydrogen-bond acceptors (Lipinski definition) is 9. The predicted octanol–water partition coefficient (Wildman–Crippen LogP) is -0.805. The molecule has 9 heteroatoms. The number of aliphatic hydroxyl groups excluding tert-OH is 2. The van der Waals surface area contributed by atoms with Crippen molar-refractivity contribution in [2.45, 2.75) is 11.3 Å². The van der Waals surface area contributed by atoms with Gasteiger partial charge in [0.15, 0.2) is 5.16 Å². The fourth-order valence-electron chi connectivity index (χ4n) is 1.65. The average molecular weight is 301 g/mol. The van der Waals surface area contributed by atoms with Crippen molar-refractivity contribution < 1.29 is 14.9 Å². The number of nitrogens with one attached hydrogen (secondary N) is 1. The topological polar surface area (TPSA) is 104 Å². The zero-order valence-electron chi connectivity index (χ0n) is 11.3. The standard InChI is InChI=1S/C11H19N5O3S/c1-12-9-13-10(16-2-4-19-5-3-16)15-11(14-9)20-7-8(18)6-17/h8,17-18H,2-7H2,1H3,(H,12,13,14,15). The Morgan fingerprint density at radius 1 is 1.35 bits per heavy atom. The van der Waals surface area contributed by atoms with E-state index in [-0.39, 0.29) is 6.61 Å². The molecule has 0 spiro atoms. The van der Waals surface area contributed by atoms with Gasteiger partial charge < -0.3 is 25.2 Å². The molecule has 8 nitrogen and oxygen atoms in total. The lowest BCUT2D eigenvalue weighted by Crippen LogP contribution is -2.37. The molecular weight excluding hydrogens is 282 g/mol. The summed E-state index contributed by atoms with van der Waals surface area (Å²) in [6.07, 6.45) is -0.776. The largest absolute Gasteiger partial charge is 0.394 e. The van der Waals surface area contributed by atoms with E-state index in [2.05, 4.69) is 20.3 Å². The van der Waals surface area contributed by atoms with Crippen molar-refractivity contribution in [2.75, 3.05) is 55.9 Å². The molecule has 3 N–H and O–H groups in total. The predicted molar refractivity (Wildman–Crippen MR) is 76.2 cm³/mol. The molecule has 0 radical (unpaired) electrons. The van der Waals surface area contributed by atoms with Gasteiger partial charge in [-0.3, -0.25) is 0 Å². The monoisotopic (exact) mass is 301 g/mol. The Labute approximate surface area is 121 Å². The zero-order valence-corrected chi connectivity index (χ0v) is 12.1. The van der Waals surface area contributed by atoms with Gasteiger partial charge in [0, 0.05) is 25.9 Å². The average Bonchev–Trinajstić information content (AvgIpc) is 2.53. The van der Waals surface area contributed by atoms with Crippen molar-refractivity contribution in [3.05, 3.63) is 0 Å². The summed E-state index contributed by atoms with van der Waals surface area (Å²) in [6, 6.07) is 0. The Morgan fingerprint density at radius 3 is 2.75 bits per heavy atom. The van der Waals surface area contributed by atoms with Gasteiger partial charge in [0.1, 0.15) is 0 Å². The molecule has 0 saturated carbocycles. The first-order chi connectivity index (χ1) is 9.72. The second-order valence-corrected chi connectivity index (χ2v) is 5.23.